The van der Waals surface area contributed by atoms with E-state index in [0.29, 0.717) is 30.2 Å². The fourth-order valence-electron chi connectivity index (χ4n) is 2.31. The van der Waals surface area contributed by atoms with E-state index < -0.39 is 6.10 Å². The molecule has 2 unspecified atom stereocenters. The van der Waals surface area contributed by atoms with Gasteiger partial charge in [0.2, 0.25) is 0 Å². The molecule has 0 fully saturated rings. The van der Waals surface area contributed by atoms with Gasteiger partial charge < -0.3 is 9.84 Å². The number of halogens is 1. The van der Waals surface area contributed by atoms with E-state index in [0.717, 1.165) is 13.1 Å². The van der Waals surface area contributed by atoms with Gasteiger partial charge >= 0.3 is 0 Å². The molecule has 0 aromatic heterocycles. The molecule has 3 nitrogen and oxygen atoms in total. The number of aryl methyl sites for hydroxylation is 1. The van der Waals surface area contributed by atoms with Crippen LogP contribution in [0, 0.1) is 12.7 Å². The Balaban J connectivity index is 2.56. The lowest BCUT2D eigenvalue weighted by Crippen LogP contribution is -2.37. The highest BCUT2D eigenvalue weighted by atomic mass is 19.1. The molecule has 114 valence electrons. The summed E-state index contributed by atoms with van der Waals surface area (Å²) in [6.07, 6.45) is -0.0430. The zero-order chi connectivity index (χ0) is 15.1. The van der Waals surface area contributed by atoms with Crippen LogP contribution in [0.15, 0.2) is 18.2 Å². The standard InChI is InChI=1S/C16H26FNO2/c1-5-18(13(3)11-20-4)9-8-16(19)14-7-6-12(2)15(17)10-14/h6-7,10,13,16,19H,5,8-9,11H2,1-4H3. The lowest BCUT2D eigenvalue weighted by molar-refractivity contribution is 0.0840. The van der Waals surface area contributed by atoms with Gasteiger partial charge in [0.1, 0.15) is 5.82 Å². The number of aliphatic hydroxyl groups is 1. The number of ether oxygens (including phenoxy) is 1. The Morgan fingerprint density at radius 1 is 1.40 bits per heavy atom. The molecule has 0 aliphatic heterocycles. The molecule has 0 heterocycles. The summed E-state index contributed by atoms with van der Waals surface area (Å²) in [5.41, 5.74) is 1.24. The van der Waals surface area contributed by atoms with Crippen molar-refractivity contribution in [3.05, 3.63) is 35.1 Å². The van der Waals surface area contributed by atoms with Crippen molar-refractivity contribution in [2.24, 2.45) is 0 Å². The van der Waals surface area contributed by atoms with E-state index >= 15 is 0 Å². The number of nitrogens with zero attached hydrogens (tertiary/aromatic N) is 1. The summed E-state index contributed by atoms with van der Waals surface area (Å²) in [5, 5.41) is 10.2. The van der Waals surface area contributed by atoms with Gasteiger partial charge in [-0.15, -0.1) is 0 Å². The lowest BCUT2D eigenvalue weighted by atomic mass is 10.0. The highest BCUT2D eigenvalue weighted by Gasteiger charge is 2.15. The van der Waals surface area contributed by atoms with Gasteiger partial charge in [-0.05, 0) is 44.0 Å². The summed E-state index contributed by atoms with van der Waals surface area (Å²) in [4.78, 5) is 2.25. The maximum Gasteiger partial charge on any atom is 0.126 e. The molecule has 0 amide bonds. The zero-order valence-electron chi connectivity index (χ0n) is 12.9. The Kier molecular flexibility index (Phi) is 7.13. The lowest BCUT2D eigenvalue weighted by Gasteiger charge is -2.28. The van der Waals surface area contributed by atoms with Crippen LogP contribution in [0.25, 0.3) is 0 Å². The van der Waals surface area contributed by atoms with Crippen LogP contribution in [0.4, 0.5) is 4.39 Å². The summed E-state index contributed by atoms with van der Waals surface area (Å²) in [5.74, 6) is -0.262. The molecular weight excluding hydrogens is 257 g/mol. The third-order valence-corrected chi connectivity index (χ3v) is 3.71. The molecular formula is C16H26FNO2. The molecule has 0 aliphatic carbocycles. The Hall–Kier alpha value is -0.970. The van der Waals surface area contributed by atoms with Gasteiger partial charge in [-0.2, -0.15) is 0 Å². The molecule has 0 radical (unpaired) electrons. The van der Waals surface area contributed by atoms with Crippen molar-refractivity contribution in [2.75, 3.05) is 26.8 Å². The summed E-state index contributed by atoms with van der Waals surface area (Å²) in [6, 6.07) is 5.23. The number of likely N-dealkylation sites (N-methyl/N-ethyl adjacent to an activating group) is 1. The van der Waals surface area contributed by atoms with Crippen LogP contribution >= 0.6 is 0 Å². The summed E-state index contributed by atoms with van der Waals surface area (Å²) in [7, 11) is 1.69. The van der Waals surface area contributed by atoms with Crippen LogP contribution in [-0.2, 0) is 4.74 Å². The Bertz CT molecular complexity index is 411. The normalized spacial score (nSPS) is 14.6. The molecule has 2 atom stereocenters. The maximum atomic E-state index is 13.5. The quantitative estimate of drug-likeness (QED) is 0.796. The van der Waals surface area contributed by atoms with Gasteiger partial charge in [-0.25, -0.2) is 4.39 Å². The Morgan fingerprint density at radius 2 is 2.10 bits per heavy atom. The number of methoxy groups -OCH3 is 1. The predicted molar refractivity (Wildman–Crippen MR) is 79.3 cm³/mol. The van der Waals surface area contributed by atoms with Crippen molar-refractivity contribution in [1.82, 2.24) is 4.90 Å². The van der Waals surface area contributed by atoms with E-state index in [-0.39, 0.29) is 5.82 Å². The second kappa shape index (κ2) is 8.35. The number of rotatable bonds is 8. The highest BCUT2D eigenvalue weighted by molar-refractivity contribution is 5.24. The summed E-state index contributed by atoms with van der Waals surface area (Å²) in [6.45, 7) is 8.24. The number of aliphatic hydroxyl groups excluding tert-OH is 1. The summed E-state index contributed by atoms with van der Waals surface area (Å²) >= 11 is 0. The van der Waals surface area contributed by atoms with Crippen molar-refractivity contribution in [3.63, 3.8) is 0 Å². The van der Waals surface area contributed by atoms with E-state index in [4.69, 9.17) is 4.74 Å². The second-order valence-electron chi connectivity index (χ2n) is 5.25. The topological polar surface area (TPSA) is 32.7 Å². The molecule has 1 rings (SSSR count). The Morgan fingerprint density at radius 3 is 2.65 bits per heavy atom. The van der Waals surface area contributed by atoms with Crippen molar-refractivity contribution >= 4 is 0 Å². The molecule has 1 aromatic carbocycles. The average molecular weight is 283 g/mol. The molecule has 20 heavy (non-hydrogen) atoms. The first-order valence-corrected chi connectivity index (χ1v) is 7.16. The van der Waals surface area contributed by atoms with Crippen LogP contribution in [0.3, 0.4) is 0 Å². The predicted octanol–water partition coefficient (Wildman–Crippen LogP) is 2.91. The Labute approximate surface area is 121 Å². The van der Waals surface area contributed by atoms with Crippen molar-refractivity contribution < 1.29 is 14.2 Å². The third-order valence-electron chi connectivity index (χ3n) is 3.71. The number of hydrogen-bond donors (Lipinski definition) is 1. The highest BCUT2D eigenvalue weighted by Crippen LogP contribution is 2.20. The number of benzene rings is 1. The largest absolute Gasteiger partial charge is 0.388 e. The molecule has 0 aliphatic rings. The molecule has 0 spiro atoms. The van der Waals surface area contributed by atoms with E-state index in [2.05, 4.69) is 18.7 Å². The van der Waals surface area contributed by atoms with Gasteiger partial charge in [0.25, 0.3) is 0 Å². The van der Waals surface area contributed by atoms with Crippen LogP contribution in [0.1, 0.15) is 37.5 Å². The molecule has 1 aromatic rings. The van der Waals surface area contributed by atoms with Gasteiger partial charge in [0.15, 0.2) is 0 Å². The number of hydrogen-bond acceptors (Lipinski definition) is 3. The average Bonchev–Trinajstić information content (AvgIpc) is 2.42. The van der Waals surface area contributed by atoms with E-state index in [1.165, 1.54) is 6.07 Å². The summed E-state index contributed by atoms with van der Waals surface area (Å²) < 4.78 is 18.6. The maximum absolute atomic E-state index is 13.5. The minimum absolute atomic E-state index is 0.262. The first-order chi connectivity index (χ1) is 9.49. The van der Waals surface area contributed by atoms with Gasteiger partial charge in [0.05, 0.1) is 12.7 Å². The first kappa shape index (κ1) is 17.1. The molecule has 0 saturated heterocycles. The van der Waals surface area contributed by atoms with E-state index in [9.17, 15) is 9.50 Å². The first-order valence-electron chi connectivity index (χ1n) is 7.16. The van der Waals surface area contributed by atoms with Gasteiger partial charge in [-0.3, -0.25) is 4.90 Å². The molecule has 0 saturated carbocycles. The van der Waals surface area contributed by atoms with Gasteiger partial charge in [-0.1, -0.05) is 19.1 Å². The van der Waals surface area contributed by atoms with Gasteiger partial charge in [0, 0.05) is 19.7 Å². The second-order valence-corrected chi connectivity index (χ2v) is 5.25. The van der Waals surface area contributed by atoms with Crippen molar-refractivity contribution in [1.29, 1.82) is 0 Å². The minimum atomic E-state index is -0.631. The third kappa shape index (κ3) is 4.85. The zero-order valence-corrected chi connectivity index (χ0v) is 12.9. The fraction of sp³-hybridized carbons (Fsp3) is 0.625. The van der Waals surface area contributed by atoms with E-state index in [1.54, 1.807) is 26.2 Å². The molecule has 4 heteroatoms. The van der Waals surface area contributed by atoms with Crippen molar-refractivity contribution in [3.8, 4) is 0 Å². The SMILES string of the molecule is CCN(CCC(O)c1ccc(C)c(F)c1)C(C)COC. The van der Waals surface area contributed by atoms with E-state index in [1.807, 2.05) is 0 Å². The van der Waals surface area contributed by atoms with Crippen LogP contribution in [-0.4, -0.2) is 42.9 Å². The fourth-order valence-corrected chi connectivity index (χ4v) is 2.31. The molecule has 0 bridgehead atoms. The van der Waals surface area contributed by atoms with Crippen LogP contribution in [0.5, 0.6) is 0 Å². The smallest absolute Gasteiger partial charge is 0.126 e. The minimum Gasteiger partial charge on any atom is -0.388 e. The van der Waals surface area contributed by atoms with Crippen LogP contribution < -0.4 is 0 Å². The molecule has 1 N–H and O–H groups in total. The van der Waals surface area contributed by atoms with Crippen molar-refractivity contribution in [2.45, 2.75) is 39.3 Å². The monoisotopic (exact) mass is 283 g/mol. The van der Waals surface area contributed by atoms with Crippen LogP contribution in [0.2, 0.25) is 0 Å².